The molecule has 0 spiro atoms. The third kappa shape index (κ3) is 5.18. The molecule has 3 N–H and O–H groups in total. The fourth-order valence-electron chi connectivity index (χ4n) is 1.82. The minimum Gasteiger partial charge on any atom is -0.489 e. The fraction of sp³-hybridized carbons (Fsp3) is 0.235. The van der Waals surface area contributed by atoms with Crippen molar-refractivity contribution in [3.63, 3.8) is 0 Å². The SMILES string of the molecule is Cc1ccc(OC(C)CN=C(N)Nc2ccccc2)cc1. The molecule has 0 aliphatic heterocycles. The molecule has 1 unspecified atom stereocenters. The zero-order valence-electron chi connectivity index (χ0n) is 12.4. The summed E-state index contributed by atoms with van der Waals surface area (Å²) >= 11 is 0. The monoisotopic (exact) mass is 283 g/mol. The summed E-state index contributed by atoms with van der Waals surface area (Å²) in [4.78, 5) is 4.29. The number of nitrogens with zero attached hydrogens (tertiary/aromatic N) is 1. The van der Waals surface area contributed by atoms with Gasteiger partial charge in [0.05, 0.1) is 6.54 Å². The molecule has 0 amide bonds. The van der Waals surface area contributed by atoms with Crippen LogP contribution in [0.25, 0.3) is 0 Å². The first-order chi connectivity index (χ1) is 10.1. The van der Waals surface area contributed by atoms with Gasteiger partial charge in [0.15, 0.2) is 5.96 Å². The molecule has 0 bridgehead atoms. The highest BCUT2D eigenvalue weighted by Gasteiger charge is 2.03. The van der Waals surface area contributed by atoms with Crippen molar-refractivity contribution in [2.24, 2.45) is 10.7 Å². The van der Waals surface area contributed by atoms with Gasteiger partial charge in [0.25, 0.3) is 0 Å². The first-order valence-corrected chi connectivity index (χ1v) is 6.99. The predicted molar refractivity (Wildman–Crippen MR) is 87.8 cm³/mol. The second-order valence-corrected chi connectivity index (χ2v) is 4.96. The van der Waals surface area contributed by atoms with Crippen LogP contribution < -0.4 is 15.8 Å². The molecule has 1 atom stereocenters. The zero-order chi connectivity index (χ0) is 15.1. The molecule has 2 aromatic rings. The third-order valence-electron chi connectivity index (χ3n) is 2.92. The summed E-state index contributed by atoms with van der Waals surface area (Å²) in [5.41, 5.74) is 7.99. The van der Waals surface area contributed by atoms with Crippen LogP contribution in [0.5, 0.6) is 5.75 Å². The maximum atomic E-state index is 5.85. The van der Waals surface area contributed by atoms with Crippen molar-refractivity contribution in [2.45, 2.75) is 20.0 Å². The normalized spacial score (nSPS) is 12.8. The van der Waals surface area contributed by atoms with Crippen LogP contribution in [0.2, 0.25) is 0 Å². The molecule has 0 radical (unpaired) electrons. The van der Waals surface area contributed by atoms with Crippen LogP contribution in [-0.2, 0) is 0 Å². The van der Waals surface area contributed by atoms with Crippen molar-refractivity contribution in [3.05, 3.63) is 60.2 Å². The number of hydrogen-bond donors (Lipinski definition) is 2. The molecule has 2 rings (SSSR count). The molecule has 21 heavy (non-hydrogen) atoms. The molecule has 4 heteroatoms. The molecule has 2 aromatic carbocycles. The highest BCUT2D eigenvalue weighted by molar-refractivity contribution is 5.92. The number of aryl methyl sites for hydroxylation is 1. The highest BCUT2D eigenvalue weighted by Crippen LogP contribution is 2.13. The molecule has 0 saturated carbocycles. The van der Waals surface area contributed by atoms with Gasteiger partial charge in [-0.3, -0.25) is 0 Å². The van der Waals surface area contributed by atoms with Gasteiger partial charge in [-0.1, -0.05) is 35.9 Å². The molecule has 4 nitrogen and oxygen atoms in total. The molecule has 110 valence electrons. The minimum absolute atomic E-state index is 0.0381. The lowest BCUT2D eigenvalue weighted by molar-refractivity contribution is 0.230. The van der Waals surface area contributed by atoms with Gasteiger partial charge in [0, 0.05) is 5.69 Å². The van der Waals surface area contributed by atoms with Gasteiger partial charge in [0.2, 0.25) is 0 Å². The Kier molecular flexibility index (Phi) is 5.21. The number of benzene rings is 2. The Hall–Kier alpha value is -2.49. The van der Waals surface area contributed by atoms with Crippen LogP contribution in [0.3, 0.4) is 0 Å². The van der Waals surface area contributed by atoms with Crippen molar-refractivity contribution >= 4 is 11.6 Å². The van der Waals surface area contributed by atoms with E-state index >= 15 is 0 Å². The standard InChI is InChI=1S/C17H21N3O/c1-13-8-10-16(11-9-13)21-14(2)12-19-17(18)20-15-6-4-3-5-7-15/h3-11,14H,12H2,1-2H3,(H3,18,19,20). The third-order valence-corrected chi connectivity index (χ3v) is 2.92. The van der Waals surface area contributed by atoms with Gasteiger partial charge >= 0.3 is 0 Å². The lowest BCUT2D eigenvalue weighted by Crippen LogP contribution is -2.25. The molecular weight excluding hydrogens is 262 g/mol. The Morgan fingerprint density at radius 1 is 1.14 bits per heavy atom. The van der Waals surface area contributed by atoms with E-state index < -0.39 is 0 Å². The second kappa shape index (κ2) is 7.33. The number of guanidine groups is 1. The first-order valence-electron chi connectivity index (χ1n) is 6.99. The van der Waals surface area contributed by atoms with Crippen LogP contribution in [0.15, 0.2) is 59.6 Å². The summed E-state index contributed by atoms with van der Waals surface area (Å²) in [6.45, 7) is 4.52. The van der Waals surface area contributed by atoms with Crippen molar-refractivity contribution in [3.8, 4) is 5.75 Å². The summed E-state index contributed by atoms with van der Waals surface area (Å²) in [5.74, 6) is 1.23. The summed E-state index contributed by atoms with van der Waals surface area (Å²) in [5, 5.41) is 3.04. The second-order valence-electron chi connectivity index (χ2n) is 4.96. The fourth-order valence-corrected chi connectivity index (χ4v) is 1.82. The Balaban J connectivity index is 1.83. The largest absolute Gasteiger partial charge is 0.489 e. The number of nitrogens with one attached hydrogen (secondary N) is 1. The average Bonchev–Trinajstić information content (AvgIpc) is 2.49. The molecule has 0 fully saturated rings. The van der Waals surface area contributed by atoms with E-state index in [1.54, 1.807) is 0 Å². The molecule has 0 heterocycles. The van der Waals surface area contributed by atoms with Gasteiger partial charge < -0.3 is 15.8 Å². The quantitative estimate of drug-likeness (QED) is 0.654. The van der Waals surface area contributed by atoms with Crippen LogP contribution in [0.1, 0.15) is 12.5 Å². The Morgan fingerprint density at radius 3 is 2.48 bits per heavy atom. The molecule has 0 saturated heterocycles. The summed E-state index contributed by atoms with van der Waals surface area (Å²) < 4.78 is 5.78. The van der Waals surface area contributed by atoms with E-state index in [0.717, 1.165) is 11.4 Å². The van der Waals surface area contributed by atoms with Crippen LogP contribution in [-0.4, -0.2) is 18.6 Å². The van der Waals surface area contributed by atoms with Crippen molar-refractivity contribution < 1.29 is 4.74 Å². The van der Waals surface area contributed by atoms with Crippen LogP contribution >= 0.6 is 0 Å². The molecule has 0 aliphatic rings. The number of aliphatic imine (C=N–C) groups is 1. The van der Waals surface area contributed by atoms with E-state index in [4.69, 9.17) is 10.5 Å². The van der Waals surface area contributed by atoms with Crippen molar-refractivity contribution in [1.29, 1.82) is 0 Å². The number of rotatable bonds is 5. The van der Waals surface area contributed by atoms with Crippen LogP contribution in [0, 0.1) is 6.92 Å². The van der Waals surface area contributed by atoms with E-state index in [9.17, 15) is 0 Å². The topological polar surface area (TPSA) is 59.6 Å². The minimum atomic E-state index is -0.0381. The van der Waals surface area contributed by atoms with Gasteiger partial charge in [0.1, 0.15) is 11.9 Å². The lowest BCUT2D eigenvalue weighted by Gasteiger charge is -2.13. The van der Waals surface area contributed by atoms with E-state index in [1.807, 2.05) is 68.4 Å². The number of ether oxygens (including phenoxy) is 1. The summed E-state index contributed by atoms with van der Waals surface area (Å²) in [7, 11) is 0. The van der Waals surface area contributed by atoms with E-state index in [-0.39, 0.29) is 6.10 Å². The van der Waals surface area contributed by atoms with Gasteiger partial charge in [-0.25, -0.2) is 4.99 Å². The maximum Gasteiger partial charge on any atom is 0.193 e. The highest BCUT2D eigenvalue weighted by atomic mass is 16.5. The maximum absolute atomic E-state index is 5.85. The van der Waals surface area contributed by atoms with E-state index in [0.29, 0.717) is 12.5 Å². The van der Waals surface area contributed by atoms with Gasteiger partial charge in [-0.2, -0.15) is 0 Å². The average molecular weight is 283 g/mol. The van der Waals surface area contributed by atoms with E-state index in [2.05, 4.69) is 10.3 Å². The molecule has 0 aromatic heterocycles. The Bertz CT molecular complexity index is 579. The van der Waals surface area contributed by atoms with Crippen molar-refractivity contribution in [1.82, 2.24) is 0 Å². The zero-order valence-corrected chi connectivity index (χ0v) is 12.4. The molecular formula is C17H21N3O. The van der Waals surface area contributed by atoms with E-state index in [1.165, 1.54) is 5.56 Å². The molecule has 0 aliphatic carbocycles. The Labute approximate surface area is 125 Å². The van der Waals surface area contributed by atoms with Gasteiger partial charge in [-0.05, 0) is 38.1 Å². The van der Waals surface area contributed by atoms with Gasteiger partial charge in [-0.15, -0.1) is 0 Å². The summed E-state index contributed by atoms with van der Waals surface area (Å²) in [6.07, 6.45) is -0.0381. The summed E-state index contributed by atoms with van der Waals surface area (Å²) in [6, 6.07) is 17.7. The lowest BCUT2D eigenvalue weighted by atomic mass is 10.2. The number of nitrogens with two attached hydrogens (primary N) is 1. The smallest absolute Gasteiger partial charge is 0.193 e. The first kappa shape index (κ1) is 14.9. The Morgan fingerprint density at radius 2 is 1.81 bits per heavy atom. The number of anilines is 1. The number of para-hydroxylation sites is 1. The number of hydrogen-bond acceptors (Lipinski definition) is 2. The van der Waals surface area contributed by atoms with Crippen LogP contribution in [0.4, 0.5) is 5.69 Å². The predicted octanol–water partition coefficient (Wildman–Crippen LogP) is 3.19. The van der Waals surface area contributed by atoms with Crippen molar-refractivity contribution in [2.75, 3.05) is 11.9 Å².